The first kappa shape index (κ1) is 22.7. The van der Waals surface area contributed by atoms with Crippen LogP contribution in [0.1, 0.15) is 71.1 Å². The summed E-state index contributed by atoms with van der Waals surface area (Å²) in [5.41, 5.74) is 0.307. The van der Waals surface area contributed by atoms with Crippen LogP contribution in [0.3, 0.4) is 0 Å². The van der Waals surface area contributed by atoms with Crippen LogP contribution in [0.5, 0.6) is 0 Å². The molecule has 0 atom stereocenters. The zero-order valence-electron chi connectivity index (χ0n) is 14.8. The number of unbranched alkanes of at least 4 members (excludes halogenated alkanes) is 6. The average Bonchev–Trinajstić information content (AvgIpc) is 2.57. The number of nitro groups is 2. The Morgan fingerprint density at radius 3 is 2.16 bits per heavy atom. The molecule has 1 radical (unpaired) electrons. The second-order valence-electron chi connectivity index (χ2n) is 5.62. The van der Waals surface area contributed by atoms with Gasteiger partial charge in [-0.2, -0.15) is 0 Å². The lowest BCUT2D eigenvalue weighted by molar-refractivity contribution is -0.427. The molecule has 0 aliphatic rings. The summed E-state index contributed by atoms with van der Waals surface area (Å²) < 4.78 is 0. The van der Waals surface area contributed by atoms with Gasteiger partial charge in [0.2, 0.25) is 11.4 Å². The Morgan fingerprint density at radius 1 is 0.920 bits per heavy atom. The van der Waals surface area contributed by atoms with Crippen LogP contribution in [0.2, 0.25) is 0 Å². The molecule has 0 fully saturated rings. The van der Waals surface area contributed by atoms with Gasteiger partial charge in [-0.25, -0.2) is 0 Å². The van der Waals surface area contributed by atoms with E-state index in [9.17, 15) is 25.0 Å². The molecule has 0 bridgehead atoms. The summed E-state index contributed by atoms with van der Waals surface area (Å²) in [5, 5.41) is 21.6. The van der Waals surface area contributed by atoms with Crippen LogP contribution in [-0.2, 0) is 4.79 Å². The van der Waals surface area contributed by atoms with Crippen LogP contribution >= 0.6 is 0 Å². The molecule has 0 aliphatic heterocycles. The van der Waals surface area contributed by atoms with Gasteiger partial charge in [-0.3, -0.25) is 25.0 Å². The van der Waals surface area contributed by atoms with Crippen LogP contribution in [0, 0.1) is 20.2 Å². The third-order valence-corrected chi connectivity index (χ3v) is 3.68. The van der Waals surface area contributed by atoms with Gasteiger partial charge in [-0.1, -0.05) is 38.3 Å². The summed E-state index contributed by atoms with van der Waals surface area (Å²) in [4.78, 5) is 30.9. The number of carbonyl (C=O) groups excluding carboxylic acids is 1. The molecule has 0 unspecified atom stereocenters. The first-order chi connectivity index (χ1) is 12.0. The molecular formula is C18H27N2O5. The first-order valence-corrected chi connectivity index (χ1v) is 8.69. The number of hydrogen-bond donors (Lipinski definition) is 0. The van der Waals surface area contributed by atoms with E-state index in [1.807, 2.05) is 6.29 Å². The van der Waals surface area contributed by atoms with Gasteiger partial charge in [0, 0.05) is 12.8 Å². The zero-order chi connectivity index (χ0) is 18.9. The van der Waals surface area contributed by atoms with Crippen LogP contribution in [0.25, 0.3) is 0 Å². The fourth-order valence-electron chi connectivity index (χ4n) is 2.23. The van der Waals surface area contributed by atoms with E-state index in [0.29, 0.717) is 25.7 Å². The maximum atomic E-state index is 11.0. The number of allylic oxidation sites excluding steroid dienone is 5. The number of hydrogen-bond acceptors (Lipinski definition) is 5. The minimum Gasteiger partial charge on any atom is -0.291 e. The van der Waals surface area contributed by atoms with Crippen LogP contribution in [0.4, 0.5) is 0 Å². The molecule has 0 saturated heterocycles. The van der Waals surface area contributed by atoms with Gasteiger partial charge < -0.3 is 0 Å². The second kappa shape index (κ2) is 15.2. The molecule has 0 saturated carbocycles. The van der Waals surface area contributed by atoms with Crippen LogP contribution < -0.4 is 0 Å². The molecule has 0 aromatic rings. The predicted molar refractivity (Wildman–Crippen MR) is 96.8 cm³/mol. The van der Waals surface area contributed by atoms with E-state index in [0.717, 1.165) is 32.1 Å². The maximum Gasteiger partial charge on any atom is 0.246 e. The largest absolute Gasteiger partial charge is 0.291 e. The standard InChI is InChI=1S/C18H27N2O5/c1-2-17(19(22)23)13-10-8-11-15-18(20(24)25)14-9-6-4-3-5-7-12-16-21/h8,11,13-14H,2-7,9-10,12,15H2,1H3/b11-8-,17-13+,18-14+. The average molecular weight is 351 g/mol. The monoisotopic (exact) mass is 351 g/mol. The summed E-state index contributed by atoms with van der Waals surface area (Å²) in [6.07, 6.45) is 15.3. The highest BCUT2D eigenvalue weighted by Gasteiger charge is 2.07. The number of nitrogens with zero attached hydrogens (tertiary/aromatic N) is 2. The summed E-state index contributed by atoms with van der Waals surface area (Å²) in [7, 11) is 0. The maximum absolute atomic E-state index is 11.0. The molecule has 0 aromatic heterocycles. The fourth-order valence-corrected chi connectivity index (χ4v) is 2.23. The number of rotatable bonds is 15. The highest BCUT2D eigenvalue weighted by molar-refractivity contribution is 5.50. The van der Waals surface area contributed by atoms with E-state index in [2.05, 4.69) is 0 Å². The van der Waals surface area contributed by atoms with E-state index in [1.165, 1.54) is 6.08 Å². The molecule has 25 heavy (non-hydrogen) atoms. The molecule has 7 heteroatoms. The second-order valence-corrected chi connectivity index (χ2v) is 5.62. The van der Waals surface area contributed by atoms with Crippen LogP contribution in [0.15, 0.2) is 35.7 Å². The lowest BCUT2D eigenvalue weighted by Crippen LogP contribution is -1.97. The van der Waals surface area contributed by atoms with Gasteiger partial charge in [0.15, 0.2) is 6.29 Å². The Balaban J connectivity index is 4.16. The third kappa shape index (κ3) is 12.7. The van der Waals surface area contributed by atoms with Gasteiger partial charge >= 0.3 is 0 Å². The van der Waals surface area contributed by atoms with Crippen molar-refractivity contribution in [2.24, 2.45) is 0 Å². The molecule has 0 aromatic carbocycles. The zero-order valence-corrected chi connectivity index (χ0v) is 14.8. The molecule has 7 nitrogen and oxygen atoms in total. The van der Waals surface area contributed by atoms with Crippen molar-refractivity contribution < 1.29 is 14.6 Å². The Bertz CT molecular complexity index is 510. The Kier molecular flexibility index (Phi) is 13.8. The SMILES string of the molecule is CC/C(=C\C/C=C\C/C(=C\CCCCCCC[C]=O)[N+](=O)[O-])[N+](=O)[O-]. The van der Waals surface area contributed by atoms with Crippen molar-refractivity contribution >= 4 is 6.29 Å². The Labute approximate surface area is 148 Å². The highest BCUT2D eigenvalue weighted by Crippen LogP contribution is 2.11. The molecule has 0 spiro atoms. The van der Waals surface area contributed by atoms with Crippen LogP contribution in [-0.4, -0.2) is 16.1 Å². The Hall–Kier alpha value is -2.31. The minimum atomic E-state index is -0.409. The van der Waals surface area contributed by atoms with Crippen molar-refractivity contribution in [1.29, 1.82) is 0 Å². The van der Waals surface area contributed by atoms with Gasteiger partial charge in [0.05, 0.1) is 16.3 Å². The topological polar surface area (TPSA) is 103 Å². The smallest absolute Gasteiger partial charge is 0.246 e. The summed E-state index contributed by atoms with van der Waals surface area (Å²) >= 11 is 0. The summed E-state index contributed by atoms with van der Waals surface area (Å²) in [5.74, 6) is 0. The van der Waals surface area contributed by atoms with Gasteiger partial charge in [-0.05, 0) is 37.8 Å². The van der Waals surface area contributed by atoms with Gasteiger partial charge in [0.25, 0.3) is 0 Å². The van der Waals surface area contributed by atoms with E-state index in [4.69, 9.17) is 0 Å². The molecule has 0 aliphatic carbocycles. The minimum absolute atomic E-state index is 0.153. The van der Waals surface area contributed by atoms with E-state index < -0.39 is 4.92 Å². The first-order valence-electron chi connectivity index (χ1n) is 8.69. The summed E-state index contributed by atoms with van der Waals surface area (Å²) in [6.45, 7) is 1.71. The van der Waals surface area contributed by atoms with Crippen molar-refractivity contribution in [3.05, 3.63) is 55.9 Å². The van der Waals surface area contributed by atoms with E-state index >= 15 is 0 Å². The van der Waals surface area contributed by atoms with Crippen molar-refractivity contribution in [1.82, 2.24) is 0 Å². The predicted octanol–water partition coefficient (Wildman–Crippen LogP) is 4.89. The Morgan fingerprint density at radius 2 is 1.56 bits per heavy atom. The van der Waals surface area contributed by atoms with Crippen molar-refractivity contribution in [2.75, 3.05) is 0 Å². The molecule has 0 amide bonds. The van der Waals surface area contributed by atoms with Crippen molar-refractivity contribution in [2.45, 2.75) is 71.1 Å². The third-order valence-electron chi connectivity index (χ3n) is 3.68. The van der Waals surface area contributed by atoms with E-state index in [-0.39, 0.29) is 22.7 Å². The molecular weight excluding hydrogens is 324 g/mol. The quantitative estimate of drug-likeness (QED) is 0.181. The normalized spacial score (nSPS) is 12.5. The van der Waals surface area contributed by atoms with Gasteiger partial charge in [0.1, 0.15) is 0 Å². The van der Waals surface area contributed by atoms with Crippen molar-refractivity contribution in [3.8, 4) is 0 Å². The lowest BCUT2D eigenvalue weighted by atomic mass is 10.1. The highest BCUT2D eigenvalue weighted by atomic mass is 16.6. The molecule has 0 heterocycles. The lowest BCUT2D eigenvalue weighted by Gasteiger charge is -1.98. The fraction of sp³-hybridized carbons (Fsp3) is 0.611. The van der Waals surface area contributed by atoms with Crippen molar-refractivity contribution in [3.63, 3.8) is 0 Å². The summed E-state index contributed by atoms with van der Waals surface area (Å²) in [6, 6.07) is 0. The molecule has 0 N–H and O–H groups in total. The van der Waals surface area contributed by atoms with Gasteiger partial charge in [-0.15, -0.1) is 0 Å². The van der Waals surface area contributed by atoms with E-state index in [1.54, 1.807) is 25.2 Å². The molecule has 0 rings (SSSR count). The molecule has 139 valence electrons.